The van der Waals surface area contributed by atoms with E-state index in [2.05, 4.69) is 15.9 Å². The predicted octanol–water partition coefficient (Wildman–Crippen LogP) is 3.80. The van der Waals surface area contributed by atoms with Crippen LogP contribution in [-0.2, 0) is 0 Å². The van der Waals surface area contributed by atoms with E-state index in [1.165, 1.54) is 0 Å². The van der Waals surface area contributed by atoms with E-state index in [1.54, 1.807) is 0 Å². The zero-order chi connectivity index (χ0) is 9.47. The van der Waals surface area contributed by atoms with Crippen molar-refractivity contribution in [2.45, 2.75) is 18.8 Å². The molecule has 1 aromatic rings. The van der Waals surface area contributed by atoms with Crippen LogP contribution < -0.4 is 0 Å². The number of alkyl halides is 2. The molecule has 1 radical (unpaired) electrons. The summed E-state index contributed by atoms with van der Waals surface area (Å²) in [6, 6.07) is 7.50. The molecule has 13 heavy (non-hydrogen) atoms. The van der Waals surface area contributed by atoms with Crippen molar-refractivity contribution in [1.82, 2.24) is 0 Å². The smallest absolute Gasteiger partial charge is 0.207 e. The summed E-state index contributed by atoms with van der Waals surface area (Å²) in [5, 5.41) is 0. The Morgan fingerprint density at radius 1 is 1.23 bits per heavy atom. The normalized spacial score (nSPS) is 21.2. The van der Waals surface area contributed by atoms with Gasteiger partial charge in [-0.3, -0.25) is 0 Å². The van der Waals surface area contributed by atoms with Crippen LogP contribution in [0, 0.1) is 5.92 Å². The topological polar surface area (TPSA) is 0 Å². The summed E-state index contributed by atoms with van der Waals surface area (Å²) >= 11 is 3.31. The fourth-order valence-electron chi connectivity index (χ4n) is 1.49. The van der Waals surface area contributed by atoms with Crippen LogP contribution in [0.25, 0.3) is 0 Å². The van der Waals surface area contributed by atoms with Crippen molar-refractivity contribution >= 4 is 15.9 Å². The van der Waals surface area contributed by atoms with Gasteiger partial charge in [-0.1, -0.05) is 28.1 Å². The van der Waals surface area contributed by atoms with E-state index in [-0.39, 0.29) is 12.8 Å². The number of hydrogen-bond donors (Lipinski definition) is 0. The Hall–Kier alpha value is -0.440. The molecule has 0 aliphatic heterocycles. The summed E-state index contributed by atoms with van der Waals surface area (Å²) in [7, 11) is 0. The van der Waals surface area contributed by atoms with Gasteiger partial charge in [0.1, 0.15) is 0 Å². The van der Waals surface area contributed by atoms with Crippen molar-refractivity contribution in [2.24, 2.45) is 0 Å². The maximum Gasteiger partial charge on any atom is 0.249 e. The van der Waals surface area contributed by atoms with E-state index in [1.807, 2.05) is 24.3 Å². The molecule has 69 valence electrons. The molecule has 0 spiro atoms. The Balaban J connectivity index is 2.11. The molecule has 1 fully saturated rings. The Kier molecular flexibility index (Phi) is 2.14. The maximum absolute atomic E-state index is 12.5. The van der Waals surface area contributed by atoms with Crippen molar-refractivity contribution in [3.05, 3.63) is 40.2 Å². The molecular formula is C10H8BrF2. The fraction of sp³-hybridized carbons (Fsp3) is 0.300. The van der Waals surface area contributed by atoms with Crippen molar-refractivity contribution in [3.63, 3.8) is 0 Å². The molecule has 1 aliphatic rings. The van der Waals surface area contributed by atoms with Gasteiger partial charge in [-0.05, 0) is 17.7 Å². The molecule has 0 aromatic heterocycles. The summed E-state index contributed by atoms with van der Waals surface area (Å²) in [6.07, 6.45) is -0.160. The first-order valence-electron chi connectivity index (χ1n) is 4.05. The van der Waals surface area contributed by atoms with Crippen molar-refractivity contribution in [2.75, 3.05) is 0 Å². The monoisotopic (exact) mass is 245 g/mol. The highest BCUT2D eigenvalue weighted by atomic mass is 79.9. The minimum atomic E-state index is -2.46. The van der Waals surface area contributed by atoms with Crippen molar-refractivity contribution in [1.29, 1.82) is 0 Å². The molecule has 0 bridgehead atoms. The van der Waals surface area contributed by atoms with Crippen LogP contribution in [0.1, 0.15) is 18.4 Å². The molecule has 0 unspecified atom stereocenters. The van der Waals surface area contributed by atoms with Crippen LogP contribution in [0.3, 0.4) is 0 Å². The lowest BCUT2D eigenvalue weighted by Gasteiger charge is -2.34. The fourth-order valence-corrected chi connectivity index (χ4v) is 1.88. The standard InChI is InChI=1S/C10H8BrF2/c11-9-3-1-2-7(4-9)8-5-10(12,13)6-8/h1-4H,5-6H2. The van der Waals surface area contributed by atoms with Crippen LogP contribution in [0.5, 0.6) is 0 Å². The second-order valence-corrected chi connectivity index (χ2v) is 4.24. The number of hydrogen-bond acceptors (Lipinski definition) is 0. The zero-order valence-electron chi connectivity index (χ0n) is 6.86. The summed E-state index contributed by atoms with van der Waals surface area (Å²) in [6.45, 7) is 0. The van der Waals surface area contributed by atoms with Gasteiger partial charge in [0.25, 0.3) is 0 Å². The molecule has 3 heteroatoms. The second-order valence-electron chi connectivity index (χ2n) is 3.32. The highest BCUT2D eigenvalue weighted by molar-refractivity contribution is 9.10. The van der Waals surface area contributed by atoms with Crippen molar-refractivity contribution in [3.8, 4) is 0 Å². The van der Waals surface area contributed by atoms with Gasteiger partial charge in [0.2, 0.25) is 5.92 Å². The van der Waals surface area contributed by atoms with Crippen LogP contribution in [-0.4, -0.2) is 5.92 Å². The number of rotatable bonds is 1. The number of benzene rings is 1. The molecule has 1 aliphatic carbocycles. The summed E-state index contributed by atoms with van der Waals surface area (Å²) in [5.74, 6) is -1.61. The second kappa shape index (κ2) is 3.05. The summed E-state index contributed by atoms with van der Waals surface area (Å²) in [5.41, 5.74) is 0.931. The molecule has 1 aromatic carbocycles. The van der Waals surface area contributed by atoms with Gasteiger partial charge in [0, 0.05) is 23.2 Å². The van der Waals surface area contributed by atoms with Gasteiger partial charge in [0.15, 0.2) is 0 Å². The quantitative estimate of drug-likeness (QED) is 0.706. The maximum atomic E-state index is 12.5. The van der Waals surface area contributed by atoms with Gasteiger partial charge < -0.3 is 0 Å². The number of halogens is 3. The molecule has 2 rings (SSSR count). The predicted molar refractivity (Wildman–Crippen MR) is 50.7 cm³/mol. The first-order valence-corrected chi connectivity index (χ1v) is 4.85. The zero-order valence-corrected chi connectivity index (χ0v) is 8.44. The average Bonchev–Trinajstić information content (AvgIpc) is 2.00. The summed E-state index contributed by atoms with van der Waals surface area (Å²) in [4.78, 5) is 0. The third-order valence-corrected chi connectivity index (χ3v) is 2.67. The highest BCUT2D eigenvalue weighted by Gasteiger charge is 2.46. The van der Waals surface area contributed by atoms with Gasteiger partial charge in [-0.15, -0.1) is 0 Å². The Morgan fingerprint density at radius 3 is 2.46 bits per heavy atom. The van der Waals surface area contributed by atoms with Crippen LogP contribution >= 0.6 is 15.9 Å². The van der Waals surface area contributed by atoms with E-state index < -0.39 is 5.92 Å². The third-order valence-electron chi connectivity index (χ3n) is 2.18. The van der Waals surface area contributed by atoms with Gasteiger partial charge in [-0.2, -0.15) is 0 Å². The Bertz CT molecular complexity index is 314. The van der Waals surface area contributed by atoms with Crippen LogP contribution in [0.4, 0.5) is 8.78 Å². The highest BCUT2D eigenvalue weighted by Crippen LogP contribution is 2.47. The lowest BCUT2D eigenvalue weighted by atomic mass is 9.77. The molecule has 1 saturated carbocycles. The lowest BCUT2D eigenvalue weighted by molar-refractivity contribution is -0.0513. The molecule has 0 saturated heterocycles. The molecule has 0 heterocycles. The molecule has 0 N–H and O–H groups in total. The van der Waals surface area contributed by atoms with Crippen molar-refractivity contribution < 1.29 is 8.78 Å². The minimum absolute atomic E-state index is 0.0799. The molecular weight excluding hydrogens is 238 g/mol. The van der Waals surface area contributed by atoms with E-state index in [4.69, 9.17) is 0 Å². The molecule has 0 amide bonds. The van der Waals surface area contributed by atoms with E-state index in [0.717, 1.165) is 16.0 Å². The van der Waals surface area contributed by atoms with Gasteiger partial charge in [-0.25, -0.2) is 8.78 Å². The summed E-state index contributed by atoms with van der Waals surface area (Å²) < 4.78 is 26.0. The van der Waals surface area contributed by atoms with E-state index in [9.17, 15) is 8.78 Å². The molecule has 0 nitrogen and oxygen atoms in total. The van der Waals surface area contributed by atoms with Gasteiger partial charge in [0.05, 0.1) is 0 Å². The average molecular weight is 246 g/mol. The van der Waals surface area contributed by atoms with Gasteiger partial charge >= 0.3 is 0 Å². The largest absolute Gasteiger partial charge is 0.249 e. The SMILES string of the molecule is FC1(F)C[C](c2cccc(Br)c2)C1. The van der Waals surface area contributed by atoms with Crippen LogP contribution in [0.2, 0.25) is 0 Å². The minimum Gasteiger partial charge on any atom is -0.207 e. The van der Waals surface area contributed by atoms with E-state index >= 15 is 0 Å². The van der Waals surface area contributed by atoms with Crippen LogP contribution in [0.15, 0.2) is 28.7 Å². The molecule has 0 atom stereocenters. The first-order chi connectivity index (χ1) is 6.07. The van der Waals surface area contributed by atoms with E-state index in [0.29, 0.717) is 0 Å². The Morgan fingerprint density at radius 2 is 1.92 bits per heavy atom. The Labute approximate surface area is 84.1 Å². The first kappa shape index (κ1) is 9.13. The third kappa shape index (κ3) is 1.90. The lowest BCUT2D eigenvalue weighted by Crippen LogP contribution is -2.34.